The molecule has 1 rings (SSSR count). The van der Waals surface area contributed by atoms with Crippen molar-refractivity contribution < 1.29 is 42.1 Å². The van der Waals surface area contributed by atoms with Crippen LogP contribution in [0.1, 0.15) is 13.8 Å². The van der Waals surface area contributed by atoms with E-state index in [0.29, 0.717) is 4.90 Å². The molecule has 1 fully saturated rings. The number of aliphatic hydroxyl groups excluding tert-OH is 2. The largest absolute Gasteiger partial charge is 0.422 e. The van der Waals surface area contributed by atoms with Crippen LogP contribution in [0.25, 0.3) is 0 Å². The van der Waals surface area contributed by atoms with Gasteiger partial charge in [0.25, 0.3) is 0 Å². The van der Waals surface area contributed by atoms with Crippen molar-refractivity contribution in [1.82, 2.24) is 4.90 Å². The van der Waals surface area contributed by atoms with E-state index >= 15 is 0 Å². The maximum atomic E-state index is 14.0. The lowest BCUT2D eigenvalue weighted by Gasteiger charge is -2.32. The average Bonchev–Trinajstić information content (AvgIpc) is 2.63. The third-order valence-corrected chi connectivity index (χ3v) is 3.21. The molecule has 10 heteroatoms. The number of hydrogen-bond acceptors (Lipinski definition) is 5. The Hall–Kier alpha value is -1.52. The van der Waals surface area contributed by atoms with Crippen LogP contribution < -0.4 is 0 Å². The molecule has 1 unspecified atom stereocenters. The molecule has 0 radical (unpaired) electrons. The summed E-state index contributed by atoms with van der Waals surface area (Å²) < 4.78 is 57.5. The van der Waals surface area contributed by atoms with Crippen LogP contribution in [-0.4, -0.2) is 63.7 Å². The third-order valence-electron chi connectivity index (χ3n) is 3.21. The molecule has 0 saturated carbocycles. The molecular formula is C12H15F4NO5. The number of alkyl halides is 4. The summed E-state index contributed by atoms with van der Waals surface area (Å²) in [6, 6.07) is 0. The van der Waals surface area contributed by atoms with Crippen molar-refractivity contribution >= 4 is 11.7 Å². The number of aliphatic hydroxyl groups is 2. The predicted octanol–water partition coefficient (Wildman–Crippen LogP) is 0.286. The van der Waals surface area contributed by atoms with Crippen LogP contribution in [-0.2, 0) is 14.3 Å². The van der Waals surface area contributed by atoms with Crippen LogP contribution in [0.5, 0.6) is 0 Å². The van der Waals surface area contributed by atoms with Gasteiger partial charge in [-0.05, 0) is 13.0 Å². The molecule has 4 atom stereocenters. The minimum absolute atomic E-state index is 0.415. The van der Waals surface area contributed by atoms with Crippen LogP contribution in [0.4, 0.5) is 17.6 Å². The number of carbonyl (C=O) groups is 2. The van der Waals surface area contributed by atoms with E-state index in [4.69, 9.17) is 5.11 Å². The Labute approximate surface area is 123 Å². The Morgan fingerprint density at radius 1 is 1.36 bits per heavy atom. The van der Waals surface area contributed by atoms with Gasteiger partial charge in [0.1, 0.15) is 6.10 Å². The second kappa shape index (κ2) is 6.31. The SMILES string of the molecule is CC(=O)/C=C\N(C(C)=O)C1O[C@@](CO)(C(F)(F)F)[C@@H](O)[C@H]1F. The third kappa shape index (κ3) is 3.13. The highest BCUT2D eigenvalue weighted by molar-refractivity contribution is 5.88. The van der Waals surface area contributed by atoms with E-state index in [1.807, 2.05) is 0 Å². The van der Waals surface area contributed by atoms with Gasteiger partial charge in [-0.15, -0.1) is 0 Å². The highest BCUT2D eigenvalue weighted by Gasteiger charge is 2.70. The van der Waals surface area contributed by atoms with Gasteiger partial charge in [-0.2, -0.15) is 13.2 Å². The van der Waals surface area contributed by atoms with Gasteiger partial charge in [0.15, 0.2) is 18.2 Å². The molecule has 1 amide bonds. The molecule has 0 spiro atoms. The smallest absolute Gasteiger partial charge is 0.393 e. The number of carbonyl (C=O) groups excluding carboxylic acids is 2. The molecule has 2 N–H and O–H groups in total. The zero-order chi connectivity index (χ0) is 17.3. The van der Waals surface area contributed by atoms with Gasteiger partial charge in [0.05, 0.1) is 6.61 Å². The highest BCUT2D eigenvalue weighted by Crippen LogP contribution is 2.45. The summed E-state index contributed by atoms with van der Waals surface area (Å²) in [7, 11) is 0. The number of halogens is 4. The van der Waals surface area contributed by atoms with E-state index in [0.717, 1.165) is 26.1 Å². The van der Waals surface area contributed by atoms with Gasteiger partial charge in [-0.1, -0.05) is 0 Å². The van der Waals surface area contributed by atoms with Crippen LogP contribution in [0, 0.1) is 0 Å². The quantitative estimate of drug-likeness (QED) is 0.572. The van der Waals surface area contributed by atoms with Crippen molar-refractivity contribution in [2.24, 2.45) is 0 Å². The lowest BCUT2D eigenvalue weighted by atomic mass is 9.96. The highest BCUT2D eigenvalue weighted by atomic mass is 19.4. The average molecular weight is 329 g/mol. The second-order valence-electron chi connectivity index (χ2n) is 4.80. The lowest BCUT2D eigenvalue weighted by Crippen LogP contribution is -2.57. The number of nitrogens with zero attached hydrogens (tertiary/aromatic N) is 1. The summed E-state index contributed by atoms with van der Waals surface area (Å²) in [6.45, 7) is 0.302. The maximum absolute atomic E-state index is 14.0. The number of ether oxygens (including phenoxy) is 1. The van der Waals surface area contributed by atoms with Crippen LogP contribution in [0.15, 0.2) is 12.3 Å². The van der Waals surface area contributed by atoms with Gasteiger partial charge in [-0.25, -0.2) is 4.39 Å². The summed E-state index contributed by atoms with van der Waals surface area (Å²) >= 11 is 0. The number of amides is 1. The van der Waals surface area contributed by atoms with Crippen LogP contribution >= 0.6 is 0 Å². The molecule has 1 saturated heterocycles. The molecule has 0 aliphatic carbocycles. The fourth-order valence-corrected chi connectivity index (χ4v) is 1.98. The summed E-state index contributed by atoms with van der Waals surface area (Å²) in [5, 5.41) is 18.5. The van der Waals surface area contributed by atoms with Crippen molar-refractivity contribution in [1.29, 1.82) is 0 Å². The minimum Gasteiger partial charge on any atom is -0.393 e. The zero-order valence-corrected chi connectivity index (χ0v) is 11.7. The lowest BCUT2D eigenvalue weighted by molar-refractivity contribution is -0.306. The molecule has 0 aromatic carbocycles. The molecule has 6 nitrogen and oxygen atoms in total. The van der Waals surface area contributed by atoms with Crippen molar-refractivity contribution in [2.45, 2.75) is 44.1 Å². The summed E-state index contributed by atoms with van der Waals surface area (Å²) in [5.74, 6) is -1.45. The molecule has 22 heavy (non-hydrogen) atoms. The van der Waals surface area contributed by atoms with Crippen LogP contribution in [0.3, 0.4) is 0 Å². The van der Waals surface area contributed by atoms with Crippen molar-refractivity contribution in [3.63, 3.8) is 0 Å². The van der Waals surface area contributed by atoms with Gasteiger partial charge in [-0.3, -0.25) is 14.5 Å². The van der Waals surface area contributed by atoms with Crippen molar-refractivity contribution in [2.75, 3.05) is 6.61 Å². The first-order valence-electron chi connectivity index (χ1n) is 6.13. The van der Waals surface area contributed by atoms with E-state index in [2.05, 4.69) is 4.74 Å². The predicted molar refractivity (Wildman–Crippen MR) is 64.0 cm³/mol. The first kappa shape index (κ1) is 18.5. The minimum atomic E-state index is -5.27. The topological polar surface area (TPSA) is 87.1 Å². The van der Waals surface area contributed by atoms with E-state index < -0.39 is 48.6 Å². The Morgan fingerprint density at radius 3 is 2.23 bits per heavy atom. The summed E-state index contributed by atoms with van der Waals surface area (Å²) in [4.78, 5) is 22.7. The normalized spacial score (nSPS) is 32.5. The van der Waals surface area contributed by atoms with E-state index in [9.17, 15) is 32.3 Å². The Morgan fingerprint density at radius 2 is 1.91 bits per heavy atom. The first-order valence-corrected chi connectivity index (χ1v) is 6.13. The standard InChI is InChI=1S/C12H15F4NO5/c1-6(19)3-4-17(7(2)20)10-8(13)9(21)11(5-18,22-10)12(14,15)16/h3-4,8-10,18,21H,5H2,1-2H3/b4-3-/t8-,9+,10?,11-/m1/s1. The Balaban J connectivity index is 3.20. The second-order valence-corrected chi connectivity index (χ2v) is 4.80. The number of allylic oxidation sites excluding steroid dienone is 1. The molecule has 0 aromatic rings. The fourth-order valence-electron chi connectivity index (χ4n) is 1.98. The van der Waals surface area contributed by atoms with Gasteiger partial charge >= 0.3 is 6.18 Å². The van der Waals surface area contributed by atoms with Gasteiger partial charge in [0.2, 0.25) is 11.5 Å². The zero-order valence-electron chi connectivity index (χ0n) is 11.7. The monoisotopic (exact) mass is 329 g/mol. The molecule has 1 aliphatic rings. The molecular weight excluding hydrogens is 314 g/mol. The number of ketones is 1. The molecule has 0 bridgehead atoms. The fraction of sp³-hybridized carbons (Fsp3) is 0.667. The summed E-state index contributed by atoms with van der Waals surface area (Å²) in [6.07, 6.45) is -11.2. The van der Waals surface area contributed by atoms with Crippen molar-refractivity contribution in [3.05, 3.63) is 12.3 Å². The Kier molecular flexibility index (Phi) is 5.31. The summed E-state index contributed by atoms with van der Waals surface area (Å²) in [5.41, 5.74) is -3.55. The van der Waals surface area contributed by atoms with E-state index in [1.165, 1.54) is 0 Å². The van der Waals surface area contributed by atoms with Gasteiger partial charge in [0, 0.05) is 13.1 Å². The van der Waals surface area contributed by atoms with E-state index in [1.54, 1.807) is 0 Å². The van der Waals surface area contributed by atoms with Gasteiger partial charge < -0.3 is 14.9 Å². The van der Waals surface area contributed by atoms with Crippen molar-refractivity contribution in [3.8, 4) is 0 Å². The first-order chi connectivity index (χ1) is 9.98. The maximum Gasteiger partial charge on any atom is 0.422 e. The molecule has 1 aliphatic heterocycles. The number of rotatable bonds is 4. The molecule has 1 heterocycles. The molecule has 0 aromatic heterocycles. The van der Waals surface area contributed by atoms with E-state index in [-0.39, 0.29) is 0 Å². The number of hydrogen-bond donors (Lipinski definition) is 2. The molecule has 126 valence electrons. The Bertz CT molecular complexity index is 481. The van der Waals surface area contributed by atoms with Crippen LogP contribution in [0.2, 0.25) is 0 Å².